The number of nitrogens with zero attached hydrogens (tertiary/aromatic N) is 4. The molecule has 2 aliphatic rings. The third-order valence-electron chi connectivity index (χ3n) is 6.93. The minimum Gasteiger partial charge on any atom is -0.451 e. The number of allylic oxidation sites excluding steroid dienone is 1. The van der Waals surface area contributed by atoms with E-state index in [0.29, 0.717) is 10.8 Å². The highest BCUT2D eigenvalue weighted by Crippen LogP contribution is 2.45. The number of benzene rings is 1. The zero-order valence-electron chi connectivity index (χ0n) is 20.6. The average molecular weight is 545 g/mol. The predicted octanol–water partition coefficient (Wildman–Crippen LogP) is 5.04. The molecule has 4 heterocycles. The number of ether oxygens (including phenoxy) is 1. The SMILES string of the molecule is Cn1nc(C(=O)OCC(=O)N2N=C3/C(=C/c4cccs4)CCCC3C2c2cccs2)c2ccccc2c1=O. The van der Waals surface area contributed by atoms with Crippen LogP contribution in [0.1, 0.15) is 45.5 Å². The Morgan fingerprint density at radius 1 is 1.08 bits per heavy atom. The summed E-state index contributed by atoms with van der Waals surface area (Å²) in [6.07, 6.45) is 5.03. The van der Waals surface area contributed by atoms with Gasteiger partial charge in [0.05, 0.1) is 17.1 Å². The summed E-state index contributed by atoms with van der Waals surface area (Å²) in [6, 6.07) is 14.6. The molecule has 0 radical (unpaired) electrons. The summed E-state index contributed by atoms with van der Waals surface area (Å²) < 4.78 is 6.55. The van der Waals surface area contributed by atoms with Crippen LogP contribution in [0.15, 0.2) is 74.8 Å². The van der Waals surface area contributed by atoms with Gasteiger partial charge in [0.15, 0.2) is 12.3 Å². The van der Waals surface area contributed by atoms with Crippen molar-refractivity contribution in [2.24, 2.45) is 18.1 Å². The first-order chi connectivity index (χ1) is 18.5. The Hall–Kier alpha value is -3.89. The Morgan fingerprint density at radius 3 is 2.63 bits per heavy atom. The van der Waals surface area contributed by atoms with Crippen LogP contribution in [0.5, 0.6) is 0 Å². The highest BCUT2D eigenvalue weighted by atomic mass is 32.1. The summed E-state index contributed by atoms with van der Waals surface area (Å²) >= 11 is 3.27. The van der Waals surface area contributed by atoms with Crippen molar-refractivity contribution in [2.45, 2.75) is 25.3 Å². The molecule has 0 N–H and O–H groups in total. The van der Waals surface area contributed by atoms with E-state index < -0.39 is 18.5 Å². The molecule has 2 atom stereocenters. The number of aromatic nitrogens is 2. The van der Waals surface area contributed by atoms with E-state index in [1.54, 1.807) is 46.9 Å². The number of carbonyl (C=O) groups excluding carboxylic acids is 2. The molecule has 38 heavy (non-hydrogen) atoms. The van der Waals surface area contributed by atoms with Crippen LogP contribution in [0.4, 0.5) is 0 Å². The number of esters is 1. The van der Waals surface area contributed by atoms with Gasteiger partial charge in [0.2, 0.25) is 0 Å². The predicted molar refractivity (Wildman–Crippen MR) is 148 cm³/mol. The van der Waals surface area contributed by atoms with Crippen LogP contribution >= 0.6 is 22.7 Å². The second-order valence-corrected chi connectivity index (χ2v) is 11.2. The average Bonchev–Trinajstić information content (AvgIpc) is 3.70. The number of thiophene rings is 2. The van der Waals surface area contributed by atoms with Crippen LogP contribution in [0.2, 0.25) is 0 Å². The number of fused-ring (bicyclic) bond motifs is 2. The van der Waals surface area contributed by atoms with E-state index in [2.05, 4.69) is 17.2 Å². The second-order valence-electron chi connectivity index (χ2n) is 9.27. The van der Waals surface area contributed by atoms with Gasteiger partial charge in [0.25, 0.3) is 11.5 Å². The summed E-state index contributed by atoms with van der Waals surface area (Å²) in [4.78, 5) is 41.1. The van der Waals surface area contributed by atoms with Crippen LogP contribution < -0.4 is 5.56 Å². The molecular weight excluding hydrogens is 520 g/mol. The molecule has 1 aromatic carbocycles. The van der Waals surface area contributed by atoms with Gasteiger partial charge in [0, 0.05) is 28.1 Å². The van der Waals surface area contributed by atoms with E-state index in [1.807, 2.05) is 29.0 Å². The summed E-state index contributed by atoms with van der Waals surface area (Å²) in [5.41, 5.74) is 1.77. The van der Waals surface area contributed by atoms with Gasteiger partial charge in [-0.1, -0.05) is 30.3 Å². The maximum absolute atomic E-state index is 13.5. The van der Waals surface area contributed by atoms with Crippen molar-refractivity contribution in [2.75, 3.05) is 6.61 Å². The number of amides is 1. The van der Waals surface area contributed by atoms with E-state index in [0.717, 1.165) is 45.0 Å². The summed E-state index contributed by atoms with van der Waals surface area (Å²) in [5.74, 6) is -1.08. The Morgan fingerprint density at radius 2 is 1.87 bits per heavy atom. The number of hydrogen-bond donors (Lipinski definition) is 0. The molecule has 1 amide bonds. The maximum Gasteiger partial charge on any atom is 0.359 e. The van der Waals surface area contributed by atoms with Crippen molar-refractivity contribution < 1.29 is 14.3 Å². The Kier molecular flexibility index (Phi) is 6.50. The van der Waals surface area contributed by atoms with E-state index >= 15 is 0 Å². The molecule has 2 unspecified atom stereocenters. The molecule has 8 nitrogen and oxygen atoms in total. The van der Waals surface area contributed by atoms with Crippen molar-refractivity contribution in [3.8, 4) is 0 Å². The molecule has 1 saturated carbocycles. The molecule has 192 valence electrons. The molecule has 3 aromatic heterocycles. The molecule has 1 fully saturated rings. The Bertz CT molecular complexity index is 1640. The molecule has 0 saturated heterocycles. The monoisotopic (exact) mass is 544 g/mol. The summed E-state index contributed by atoms with van der Waals surface area (Å²) in [5, 5.41) is 15.2. The van der Waals surface area contributed by atoms with Gasteiger partial charge in [-0.2, -0.15) is 10.2 Å². The fourth-order valence-electron chi connectivity index (χ4n) is 5.20. The smallest absolute Gasteiger partial charge is 0.359 e. The molecule has 10 heteroatoms. The van der Waals surface area contributed by atoms with Gasteiger partial charge in [-0.25, -0.2) is 14.5 Å². The first kappa shape index (κ1) is 24.4. The number of aryl methyl sites for hydroxylation is 1. The van der Waals surface area contributed by atoms with Crippen LogP contribution in [0, 0.1) is 5.92 Å². The quantitative estimate of drug-likeness (QED) is 0.328. The number of hydrazone groups is 1. The third-order valence-corrected chi connectivity index (χ3v) is 8.69. The van der Waals surface area contributed by atoms with Gasteiger partial charge in [-0.15, -0.1) is 22.7 Å². The van der Waals surface area contributed by atoms with Gasteiger partial charge < -0.3 is 4.74 Å². The summed E-state index contributed by atoms with van der Waals surface area (Å²) in [6.45, 7) is -0.479. The van der Waals surface area contributed by atoms with Gasteiger partial charge >= 0.3 is 5.97 Å². The third kappa shape index (κ3) is 4.39. The zero-order chi connectivity index (χ0) is 26.2. The van der Waals surface area contributed by atoms with Gasteiger partial charge in [0.1, 0.15) is 0 Å². The highest BCUT2D eigenvalue weighted by molar-refractivity contribution is 7.11. The van der Waals surface area contributed by atoms with Crippen LogP contribution in [0.25, 0.3) is 16.8 Å². The minimum absolute atomic E-state index is 0.00659. The zero-order valence-corrected chi connectivity index (χ0v) is 22.2. The van der Waals surface area contributed by atoms with E-state index in [4.69, 9.17) is 9.84 Å². The maximum atomic E-state index is 13.5. The lowest BCUT2D eigenvalue weighted by atomic mass is 9.79. The van der Waals surface area contributed by atoms with Crippen molar-refractivity contribution in [3.63, 3.8) is 0 Å². The summed E-state index contributed by atoms with van der Waals surface area (Å²) in [7, 11) is 1.48. The van der Waals surface area contributed by atoms with Crippen molar-refractivity contribution in [1.29, 1.82) is 0 Å². The first-order valence-electron chi connectivity index (χ1n) is 12.3. The molecule has 4 aromatic rings. The van der Waals surface area contributed by atoms with Gasteiger partial charge in [-0.05, 0) is 59.9 Å². The Labute approximate surface area is 226 Å². The second kappa shape index (κ2) is 10.1. The van der Waals surface area contributed by atoms with Gasteiger partial charge in [-0.3, -0.25) is 9.59 Å². The molecule has 0 spiro atoms. The lowest BCUT2D eigenvalue weighted by Crippen LogP contribution is -2.34. The van der Waals surface area contributed by atoms with Crippen molar-refractivity contribution >= 4 is 57.1 Å². The number of carbonyl (C=O) groups is 2. The fourth-order valence-corrected chi connectivity index (χ4v) is 6.76. The van der Waals surface area contributed by atoms with E-state index in [-0.39, 0.29) is 23.2 Å². The first-order valence-corrected chi connectivity index (χ1v) is 14.1. The van der Waals surface area contributed by atoms with Crippen LogP contribution in [-0.2, 0) is 16.6 Å². The lowest BCUT2D eigenvalue weighted by molar-refractivity contribution is -0.136. The van der Waals surface area contributed by atoms with E-state index in [1.165, 1.54) is 12.1 Å². The topological polar surface area (TPSA) is 93.9 Å². The van der Waals surface area contributed by atoms with Crippen molar-refractivity contribution in [3.05, 3.63) is 90.7 Å². The van der Waals surface area contributed by atoms with Crippen molar-refractivity contribution in [1.82, 2.24) is 14.8 Å². The Balaban J connectivity index is 1.28. The number of rotatable bonds is 5. The number of hydrogen-bond acceptors (Lipinski definition) is 8. The highest BCUT2D eigenvalue weighted by Gasteiger charge is 2.44. The fraction of sp³-hybridized carbons (Fsp3) is 0.250. The molecule has 0 bridgehead atoms. The largest absolute Gasteiger partial charge is 0.451 e. The van der Waals surface area contributed by atoms with E-state index in [9.17, 15) is 14.4 Å². The standard InChI is InChI=1S/C28H24N4O4S2/c1-31-27(34)20-10-3-2-9-19(20)25(29-31)28(35)36-16-23(33)32-26(22-12-6-14-38-22)21-11-4-7-17(24(21)30-32)15-18-8-5-13-37-18/h2-3,5-6,8-10,12-15,21,26H,4,7,11,16H2,1H3/b17-15+. The minimum atomic E-state index is -0.764. The van der Waals surface area contributed by atoms with Crippen LogP contribution in [0.3, 0.4) is 0 Å². The van der Waals surface area contributed by atoms with Crippen LogP contribution in [-0.4, -0.2) is 39.0 Å². The molecule has 1 aliphatic heterocycles. The molecular formula is C28H24N4O4S2. The molecule has 6 rings (SSSR count). The normalized spacial score (nSPS) is 20.0. The molecule has 1 aliphatic carbocycles. The lowest BCUT2D eigenvalue weighted by Gasteiger charge is -2.28.